The Kier molecular flexibility index (Phi) is 4.28. The number of carbonyl (C=O) groups is 1. The molecule has 22 heavy (non-hydrogen) atoms. The minimum atomic E-state index is -0.426. The van der Waals surface area contributed by atoms with Crippen LogP contribution < -0.4 is 5.32 Å². The average molecular weight is 297 g/mol. The largest absolute Gasteiger partial charge is 0.508 e. The van der Waals surface area contributed by atoms with E-state index >= 15 is 0 Å². The van der Waals surface area contributed by atoms with Gasteiger partial charge in [0.2, 0.25) is 0 Å². The molecule has 2 aromatic rings. The van der Waals surface area contributed by atoms with E-state index in [2.05, 4.69) is 5.32 Å². The average Bonchev–Trinajstić information content (AvgIpc) is 2.55. The van der Waals surface area contributed by atoms with Crippen LogP contribution in [0.2, 0.25) is 0 Å². The van der Waals surface area contributed by atoms with Gasteiger partial charge in [0.05, 0.1) is 6.04 Å². The molecule has 0 aliphatic heterocycles. The van der Waals surface area contributed by atoms with Gasteiger partial charge in [0.25, 0.3) is 0 Å². The molecule has 0 saturated heterocycles. The molecule has 4 nitrogen and oxygen atoms in total. The summed E-state index contributed by atoms with van der Waals surface area (Å²) in [4.78, 5) is 12.0. The second-order valence-corrected chi connectivity index (χ2v) is 5.50. The number of carbonyl (C=O) groups excluding carboxylic acids is 1. The molecule has 2 N–H and O–H groups in total. The van der Waals surface area contributed by atoms with Gasteiger partial charge in [-0.1, -0.05) is 42.5 Å². The number of amides is 1. The van der Waals surface area contributed by atoms with Crippen molar-refractivity contribution >= 4 is 6.09 Å². The number of hydrogen-bond donors (Lipinski definition) is 2. The topological polar surface area (TPSA) is 58.6 Å². The summed E-state index contributed by atoms with van der Waals surface area (Å²) in [5.41, 5.74) is 2.88. The molecule has 114 valence electrons. The number of fused-ring (bicyclic) bond motifs is 1. The van der Waals surface area contributed by atoms with Gasteiger partial charge < -0.3 is 15.2 Å². The van der Waals surface area contributed by atoms with Crippen molar-refractivity contribution in [2.75, 3.05) is 0 Å². The second kappa shape index (κ2) is 6.52. The quantitative estimate of drug-likeness (QED) is 0.908. The molecule has 0 saturated carbocycles. The van der Waals surface area contributed by atoms with Crippen LogP contribution in [-0.4, -0.2) is 11.2 Å². The molecule has 1 aliphatic carbocycles. The summed E-state index contributed by atoms with van der Waals surface area (Å²) in [6.45, 7) is 0.256. The summed E-state index contributed by atoms with van der Waals surface area (Å²) >= 11 is 0. The zero-order valence-corrected chi connectivity index (χ0v) is 12.3. The number of phenolic OH excluding ortho intramolecular Hbond substituents is 1. The van der Waals surface area contributed by atoms with Gasteiger partial charge in [-0.05, 0) is 42.0 Å². The van der Waals surface area contributed by atoms with Gasteiger partial charge in [-0.3, -0.25) is 0 Å². The van der Waals surface area contributed by atoms with E-state index in [-0.39, 0.29) is 12.6 Å². The molecule has 0 spiro atoms. The first-order valence-corrected chi connectivity index (χ1v) is 7.52. The van der Waals surface area contributed by atoms with Crippen molar-refractivity contribution < 1.29 is 14.6 Å². The lowest BCUT2D eigenvalue weighted by Gasteiger charge is -2.26. The first-order valence-electron chi connectivity index (χ1n) is 7.52. The summed E-state index contributed by atoms with van der Waals surface area (Å²) in [6.07, 6.45) is 2.22. The maximum absolute atomic E-state index is 12.0. The Bertz CT molecular complexity index is 655. The highest BCUT2D eigenvalue weighted by molar-refractivity contribution is 5.68. The molecule has 1 aliphatic rings. The van der Waals surface area contributed by atoms with Crippen molar-refractivity contribution in [3.63, 3.8) is 0 Å². The fraction of sp³-hybridized carbons (Fsp3) is 0.278. The fourth-order valence-corrected chi connectivity index (χ4v) is 2.89. The van der Waals surface area contributed by atoms with E-state index in [1.807, 2.05) is 42.5 Å². The van der Waals surface area contributed by atoms with Crippen LogP contribution in [0.15, 0.2) is 48.5 Å². The Labute approximate surface area is 129 Å². The third-order valence-corrected chi connectivity index (χ3v) is 3.99. The van der Waals surface area contributed by atoms with Crippen molar-refractivity contribution in [1.82, 2.24) is 5.32 Å². The molecule has 1 unspecified atom stereocenters. The van der Waals surface area contributed by atoms with Crippen LogP contribution in [0.1, 0.15) is 35.6 Å². The maximum Gasteiger partial charge on any atom is 0.407 e. The number of benzene rings is 2. The molecule has 0 bridgehead atoms. The van der Waals surface area contributed by atoms with Gasteiger partial charge in [-0.15, -0.1) is 0 Å². The van der Waals surface area contributed by atoms with Crippen molar-refractivity contribution in [2.24, 2.45) is 0 Å². The fourth-order valence-electron chi connectivity index (χ4n) is 2.89. The van der Waals surface area contributed by atoms with Crippen molar-refractivity contribution in [3.05, 3.63) is 65.2 Å². The highest BCUT2D eigenvalue weighted by Gasteiger charge is 2.24. The van der Waals surface area contributed by atoms with Crippen LogP contribution in [0.25, 0.3) is 0 Å². The summed E-state index contributed by atoms with van der Waals surface area (Å²) in [5, 5.41) is 12.8. The predicted octanol–water partition coefficient (Wildman–Crippen LogP) is 3.70. The monoisotopic (exact) mass is 297 g/mol. The Balaban J connectivity index is 1.62. The molecule has 0 heterocycles. The van der Waals surface area contributed by atoms with Crippen LogP contribution in [0.3, 0.4) is 0 Å². The van der Waals surface area contributed by atoms with Gasteiger partial charge in [0.1, 0.15) is 12.4 Å². The lowest BCUT2D eigenvalue weighted by atomic mass is 9.87. The van der Waals surface area contributed by atoms with E-state index in [4.69, 9.17) is 4.74 Å². The van der Waals surface area contributed by atoms with Gasteiger partial charge in [0, 0.05) is 0 Å². The number of hydrogen-bond acceptors (Lipinski definition) is 3. The van der Waals surface area contributed by atoms with Crippen LogP contribution in [-0.2, 0) is 17.8 Å². The highest BCUT2D eigenvalue weighted by Crippen LogP contribution is 2.34. The third kappa shape index (κ3) is 3.22. The third-order valence-electron chi connectivity index (χ3n) is 3.99. The van der Waals surface area contributed by atoms with E-state index in [9.17, 15) is 9.90 Å². The van der Waals surface area contributed by atoms with Crippen LogP contribution >= 0.6 is 0 Å². The first kappa shape index (κ1) is 14.4. The van der Waals surface area contributed by atoms with Crippen LogP contribution in [0, 0.1) is 0 Å². The number of rotatable bonds is 3. The van der Waals surface area contributed by atoms with E-state index in [1.165, 1.54) is 0 Å². The Morgan fingerprint density at radius 2 is 2.00 bits per heavy atom. The number of nitrogens with one attached hydrogen (secondary N) is 1. The van der Waals surface area contributed by atoms with E-state index < -0.39 is 6.09 Å². The summed E-state index contributed by atoms with van der Waals surface area (Å²) < 4.78 is 5.26. The minimum Gasteiger partial charge on any atom is -0.508 e. The minimum absolute atomic E-state index is 0.0980. The Morgan fingerprint density at radius 3 is 2.82 bits per heavy atom. The van der Waals surface area contributed by atoms with E-state index in [0.717, 1.165) is 36.0 Å². The normalized spacial score (nSPS) is 16.6. The summed E-state index contributed by atoms with van der Waals surface area (Å²) in [5.74, 6) is 0.307. The van der Waals surface area contributed by atoms with Crippen molar-refractivity contribution in [1.29, 1.82) is 0 Å². The Hall–Kier alpha value is -2.49. The lowest BCUT2D eigenvalue weighted by Crippen LogP contribution is -2.31. The van der Waals surface area contributed by atoms with Crippen LogP contribution in [0.5, 0.6) is 5.75 Å². The summed E-state index contributed by atoms with van der Waals surface area (Å²) in [7, 11) is 0. The molecule has 0 fully saturated rings. The molecule has 2 aromatic carbocycles. The number of aromatic hydroxyl groups is 1. The lowest BCUT2D eigenvalue weighted by molar-refractivity contribution is 0.134. The number of ether oxygens (including phenoxy) is 1. The molecule has 4 heteroatoms. The molecule has 0 radical (unpaired) electrons. The first-order chi connectivity index (χ1) is 10.7. The van der Waals surface area contributed by atoms with Crippen molar-refractivity contribution in [3.8, 4) is 5.75 Å². The zero-order valence-electron chi connectivity index (χ0n) is 12.3. The maximum atomic E-state index is 12.0. The molecule has 0 aromatic heterocycles. The van der Waals surface area contributed by atoms with Gasteiger partial charge in [-0.25, -0.2) is 4.79 Å². The van der Waals surface area contributed by atoms with Crippen molar-refractivity contribution in [2.45, 2.75) is 31.9 Å². The van der Waals surface area contributed by atoms with Crippen LogP contribution in [0.4, 0.5) is 4.79 Å². The highest BCUT2D eigenvalue weighted by atomic mass is 16.5. The van der Waals surface area contributed by atoms with Gasteiger partial charge >= 0.3 is 6.09 Å². The number of alkyl carbamates (subject to hydrolysis) is 1. The molecule has 3 rings (SSSR count). The molecular formula is C18H19NO3. The van der Waals surface area contributed by atoms with E-state index in [1.54, 1.807) is 6.07 Å². The standard InChI is InChI=1S/C18H19NO3/c20-17-11-5-8-14-15(17)9-4-10-16(14)19-18(21)22-12-13-6-2-1-3-7-13/h1-3,5-8,11,16,20H,4,9-10,12H2,(H,19,21). The number of phenols is 1. The van der Waals surface area contributed by atoms with Gasteiger partial charge in [0.15, 0.2) is 0 Å². The summed E-state index contributed by atoms with van der Waals surface area (Å²) in [6, 6.07) is 14.9. The second-order valence-electron chi connectivity index (χ2n) is 5.50. The predicted molar refractivity (Wildman–Crippen MR) is 83.5 cm³/mol. The van der Waals surface area contributed by atoms with Gasteiger partial charge in [-0.2, -0.15) is 0 Å². The molecule has 1 amide bonds. The Morgan fingerprint density at radius 1 is 1.18 bits per heavy atom. The molecule has 1 atom stereocenters. The zero-order chi connectivity index (χ0) is 15.4. The van der Waals surface area contributed by atoms with E-state index in [0.29, 0.717) is 5.75 Å². The molecular weight excluding hydrogens is 278 g/mol. The smallest absolute Gasteiger partial charge is 0.407 e. The SMILES string of the molecule is O=C(NC1CCCc2c(O)cccc21)OCc1ccccc1.